The highest BCUT2D eigenvalue weighted by Gasteiger charge is 2.49. The highest BCUT2D eigenvalue weighted by molar-refractivity contribution is 6.07. The average Bonchev–Trinajstić information content (AvgIpc) is 2.86. The molecule has 1 aliphatic rings. The molecule has 2 aromatic carbocycles. The summed E-state index contributed by atoms with van der Waals surface area (Å²) in [6.07, 6.45) is 0. The van der Waals surface area contributed by atoms with Gasteiger partial charge in [0.1, 0.15) is 11.3 Å². The highest BCUT2D eigenvalue weighted by atomic mass is 16.5. The highest BCUT2D eigenvalue weighted by Crippen LogP contribution is 2.32. The van der Waals surface area contributed by atoms with E-state index in [0.29, 0.717) is 11.7 Å². The van der Waals surface area contributed by atoms with Crippen LogP contribution in [0.15, 0.2) is 42.5 Å². The zero-order valence-corrected chi connectivity index (χ0v) is 16.5. The van der Waals surface area contributed by atoms with Crippen LogP contribution in [0.25, 0.3) is 0 Å². The van der Waals surface area contributed by atoms with Crippen LogP contribution in [-0.4, -0.2) is 23.9 Å². The van der Waals surface area contributed by atoms with Crippen molar-refractivity contribution in [3.8, 4) is 5.75 Å². The lowest BCUT2D eigenvalue weighted by molar-refractivity contribution is -0.131. The van der Waals surface area contributed by atoms with Gasteiger partial charge in [0, 0.05) is 5.56 Å². The first-order chi connectivity index (χ1) is 12.8. The number of carbonyl (C=O) groups excluding carboxylic acids is 2. The van der Waals surface area contributed by atoms with Crippen molar-refractivity contribution in [2.75, 3.05) is 7.11 Å². The Bertz CT molecular complexity index is 874. The predicted molar refractivity (Wildman–Crippen MR) is 105 cm³/mol. The van der Waals surface area contributed by atoms with Crippen LogP contribution >= 0.6 is 0 Å². The van der Waals surface area contributed by atoms with Crippen molar-refractivity contribution in [3.05, 3.63) is 64.7 Å². The second-order valence-electron chi connectivity index (χ2n) is 7.54. The molecule has 1 aliphatic heterocycles. The Morgan fingerprint density at radius 3 is 2.37 bits per heavy atom. The zero-order chi connectivity index (χ0) is 19.8. The van der Waals surface area contributed by atoms with Gasteiger partial charge in [-0.3, -0.25) is 9.69 Å². The molecule has 1 atom stereocenters. The molecule has 27 heavy (non-hydrogen) atoms. The Morgan fingerprint density at radius 2 is 1.78 bits per heavy atom. The monoisotopic (exact) mass is 366 g/mol. The minimum atomic E-state index is -1.07. The van der Waals surface area contributed by atoms with E-state index in [-0.39, 0.29) is 18.5 Å². The first kappa shape index (κ1) is 19.0. The lowest BCUT2D eigenvalue weighted by Gasteiger charge is -2.23. The summed E-state index contributed by atoms with van der Waals surface area (Å²) < 4.78 is 5.38. The van der Waals surface area contributed by atoms with E-state index in [1.165, 1.54) is 10.5 Å². The zero-order valence-electron chi connectivity index (χ0n) is 16.5. The average molecular weight is 366 g/mol. The fraction of sp³-hybridized carbons (Fsp3) is 0.364. The number of nitrogens with zero attached hydrogens (tertiary/aromatic N) is 1. The van der Waals surface area contributed by atoms with E-state index in [4.69, 9.17) is 4.74 Å². The van der Waals surface area contributed by atoms with Gasteiger partial charge in [-0.2, -0.15) is 0 Å². The molecule has 0 radical (unpaired) electrons. The van der Waals surface area contributed by atoms with Gasteiger partial charge in [-0.15, -0.1) is 0 Å². The number of methoxy groups -OCH3 is 1. The Hall–Kier alpha value is -2.82. The van der Waals surface area contributed by atoms with Gasteiger partial charge in [-0.05, 0) is 37.0 Å². The molecule has 1 heterocycles. The number of imide groups is 1. The van der Waals surface area contributed by atoms with Gasteiger partial charge in [0.2, 0.25) is 0 Å². The van der Waals surface area contributed by atoms with E-state index in [9.17, 15) is 9.59 Å². The molecule has 0 unspecified atom stereocenters. The van der Waals surface area contributed by atoms with Crippen LogP contribution in [0.3, 0.4) is 0 Å². The smallest absolute Gasteiger partial charge is 0.325 e. The van der Waals surface area contributed by atoms with Gasteiger partial charge in [-0.25, -0.2) is 4.79 Å². The molecule has 0 bridgehead atoms. The molecule has 0 saturated carbocycles. The van der Waals surface area contributed by atoms with Crippen molar-refractivity contribution in [1.29, 1.82) is 0 Å². The lowest BCUT2D eigenvalue weighted by atomic mass is 9.90. The molecule has 2 aromatic rings. The molecule has 5 nitrogen and oxygen atoms in total. The first-order valence-corrected chi connectivity index (χ1v) is 9.14. The number of carbonyl (C=O) groups is 2. The van der Waals surface area contributed by atoms with Crippen molar-refractivity contribution in [3.63, 3.8) is 0 Å². The van der Waals surface area contributed by atoms with Crippen LogP contribution in [0.5, 0.6) is 5.75 Å². The number of hydrogen-bond donors (Lipinski definition) is 1. The summed E-state index contributed by atoms with van der Waals surface area (Å²) in [5, 5.41) is 2.86. The molecular formula is C22H26N2O3. The molecule has 1 saturated heterocycles. The predicted octanol–water partition coefficient (Wildman–Crippen LogP) is 4.09. The van der Waals surface area contributed by atoms with Gasteiger partial charge in [0.05, 0.1) is 13.7 Å². The van der Waals surface area contributed by atoms with Crippen LogP contribution in [-0.2, 0) is 16.9 Å². The maximum Gasteiger partial charge on any atom is 0.325 e. The van der Waals surface area contributed by atoms with Crippen molar-refractivity contribution in [2.45, 2.75) is 45.7 Å². The van der Waals surface area contributed by atoms with Crippen LogP contribution in [0.1, 0.15) is 48.9 Å². The van der Waals surface area contributed by atoms with E-state index in [1.807, 2.05) is 49.4 Å². The van der Waals surface area contributed by atoms with Gasteiger partial charge >= 0.3 is 6.03 Å². The summed E-state index contributed by atoms with van der Waals surface area (Å²) in [5.74, 6) is 0.815. The number of hydrogen-bond acceptors (Lipinski definition) is 3. The van der Waals surface area contributed by atoms with Crippen LogP contribution in [0.4, 0.5) is 4.79 Å². The molecule has 5 heteroatoms. The number of urea groups is 1. The summed E-state index contributed by atoms with van der Waals surface area (Å²) in [7, 11) is 1.58. The molecule has 142 valence electrons. The van der Waals surface area contributed by atoms with Gasteiger partial charge in [-0.1, -0.05) is 55.8 Å². The fourth-order valence-corrected chi connectivity index (χ4v) is 3.44. The third kappa shape index (κ3) is 3.42. The van der Waals surface area contributed by atoms with Crippen molar-refractivity contribution < 1.29 is 14.3 Å². The standard InChI is InChI=1S/C22H26N2O3/c1-14(2)16-7-9-18(10-8-16)22(4)20(25)24(21(26)23-22)13-17-12-15(3)6-11-19(17)27-5/h6-12,14H,13H2,1-5H3,(H,23,26)/t22-/m0/s1. The van der Waals surface area contributed by atoms with Crippen LogP contribution in [0, 0.1) is 6.92 Å². The minimum absolute atomic E-state index is 0.176. The quantitative estimate of drug-likeness (QED) is 0.811. The van der Waals surface area contributed by atoms with Crippen LogP contribution in [0.2, 0.25) is 0 Å². The Labute approximate surface area is 160 Å². The number of nitrogens with one attached hydrogen (secondary N) is 1. The molecule has 3 rings (SSSR count). The van der Waals surface area contributed by atoms with E-state index in [2.05, 4.69) is 19.2 Å². The SMILES string of the molecule is COc1ccc(C)cc1CN1C(=O)N[C@@](C)(c2ccc(C(C)C)cc2)C1=O. The normalized spacial score (nSPS) is 19.6. The minimum Gasteiger partial charge on any atom is -0.496 e. The number of benzene rings is 2. The van der Waals surface area contributed by atoms with Crippen molar-refractivity contribution >= 4 is 11.9 Å². The van der Waals surface area contributed by atoms with Crippen molar-refractivity contribution in [2.24, 2.45) is 0 Å². The van der Waals surface area contributed by atoms with Gasteiger partial charge in [0.25, 0.3) is 5.91 Å². The van der Waals surface area contributed by atoms with E-state index < -0.39 is 5.54 Å². The summed E-state index contributed by atoms with van der Waals surface area (Å²) >= 11 is 0. The molecule has 0 aromatic heterocycles. The van der Waals surface area contributed by atoms with Gasteiger partial charge < -0.3 is 10.1 Å². The van der Waals surface area contributed by atoms with Crippen LogP contribution < -0.4 is 10.1 Å². The first-order valence-electron chi connectivity index (χ1n) is 9.14. The topological polar surface area (TPSA) is 58.6 Å². The lowest BCUT2D eigenvalue weighted by Crippen LogP contribution is -2.40. The fourth-order valence-electron chi connectivity index (χ4n) is 3.44. The van der Waals surface area contributed by atoms with E-state index in [0.717, 1.165) is 16.7 Å². The Kier molecular flexibility index (Phi) is 4.96. The second-order valence-corrected chi connectivity index (χ2v) is 7.54. The number of ether oxygens (including phenoxy) is 1. The third-order valence-electron chi connectivity index (χ3n) is 5.19. The molecule has 0 spiro atoms. The Balaban J connectivity index is 1.89. The summed E-state index contributed by atoms with van der Waals surface area (Å²) in [5.41, 5.74) is 2.76. The number of amides is 3. The Morgan fingerprint density at radius 1 is 1.11 bits per heavy atom. The molecular weight excluding hydrogens is 340 g/mol. The second kappa shape index (κ2) is 7.06. The van der Waals surface area contributed by atoms with E-state index >= 15 is 0 Å². The molecule has 3 amide bonds. The number of aryl methyl sites for hydroxylation is 1. The maximum absolute atomic E-state index is 13.1. The van der Waals surface area contributed by atoms with Gasteiger partial charge in [0.15, 0.2) is 0 Å². The third-order valence-corrected chi connectivity index (χ3v) is 5.19. The summed E-state index contributed by atoms with van der Waals surface area (Å²) in [6, 6.07) is 13.2. The number of rotatable bonds is 5. The molecule has 1 N–H and O–H groups in total. The maximum atomic E-state index is 13.1. The van der Waals surface area contributed by atoms with Crippen molar-refractivity contribution in [1.82, 2.24) is 10.2 Å². The van der Waals surface area contributed by atoms with E-state index in [1.54, 1.807) is 14.0 Å². The summed E-state index contributed by atoms with van der Waals surface area (Å²) in [6.45, 7) is 8.14. The molecule has 0 aliphatic carbocycles. The molecule has 1 fully saturated rings. The summed E-state index contributed by atoms with van der Waals surface area (Å²) in [4.78, 5) is 27.0. The largest absolute Gasteiger partial charge is 0.496 e.